The second kappa shape index (κ2) is 5.75. The Hall–Kier alpha value is -0.340. The molecule has 1 aromatic heterocycles. The summed E-state index contributed by atoms with van der Waals surface area (Å²) in [5.74, 6) is 0.233. The zero-order chi connectivity index (χ0) is 12.6. The Morgan fingerprint density at radius 1 is 1.61 bits per heavy atom. The van der Waals surface area contributed by atoms with Crippen molar-refractivity contribution in [2.45, 2.75) is 11.4 Å². The SMILES string of the molecule is Cl.Cn1ncc(Cl)c1S(=O)(=O)N1CCC(CN)C1. The molecule has 104 valence electrons. The Morgan fingerprint density at radius 2 is 2.28 bits per heavy atom. The third-order valence-electron chi connectivity index (χ3n) is 3.01. The largest absolute Gasteiger partial charge is 0.330 e. The van der Waals surface area contributed by atoms with Crippen LogP contribution in [0.25, 0.3) is 0 Å². The molecule has 2 N–H and O–H groups in total. The summed E-state index contributed by atoms with van der Waals surface area (Å²) < 4.78 is 27.4. The van der Waals surface area contributed by atoms with Crippen LogP contribution in [0.5, 0.6) is 0 Å². The lowest BCUT2D eigenvalue weighted by Crippen LogP contribution is -2.31. The van der Waals surface area contributed by atoms with Crippen molar-refractivity contribution < 1.29 is 8.42 Å². The van der Waals surface area contributed by atoms with Crippen LogP contribution in [-0.4, -0.2) is 42.1 Å². The summed E-state index contributed by atoms with van der Waals surface area (Å²) >= 11 is 5.86. The molecule has 0 saturated carbocycles. The summed E-state index contributed by atoms with van der Waals surface area (Å²) in [6.07, 6.45) is 2.14. The number of hydrogen-bond donors (Lipinski definition) is 1. The van der Waals surface area contributed by atoms with E-state index in [-0.39, 0.29) is 28.4 Å². The molecule has 9 heteroatoms. The molecule has 1 unspecified atom stereocenters. The maximum Gasteiger partial charge on any atom is 0.261 e. The van der Waals surface area contributed by atoms with Crippen molar-refractivity contribution in [1.82, 2.24) is 14.1 Å². The standard InChI is InChI=1S/C9H15ClN4O2S.ClH/c1-13-9(8(10)5-12-13)17(15,16)14-3-2-7(4-11)6-14;/h5,7H,2-4,6,11H2,1H3;1H. The van der Waals surface area contributed by atoms with Gasteiger partial charge in [-0.05, 0) is 18.9 Å². The molecular formula is C9H16Cl2N4O2S. The minimum Gasteiger partial charge on any atom is -0.330 e. The fourth-order valence-corrected chi connectivity index (χ4v) is 4.16. The van der Waals surface area contributed by atoms with E-state index in [1.807, 2.05) is 0 Å². The minimum atomic E-state index is -3.55. The lowest BCUT2D eigenvalue weighted by molar-refractivity contribution is 0.451. The van der Waals surface area contributed by atoms with Gasteiger partial charge < -0.3 is 5.73 Å². The summed E-state index contributed by atoms with van der Waals surface area (Å²) in [5, 5.41) is 4.06. The zero-order valence-corrected chi connectivity index (χ0v) is 12.3. The molecule has 1 saturated heterocycles. The Labute approximate surface area is 118 Å². The van der Waals surface area contributed by atoms with Gasteiger partial charge in [0, 0.05) is 20.1 Å². The first-order valence-corrected chi connectivity index (χ1v) is 7.16. The predicted molar refractivity (Wildman–Crippen MR) is 71.4 cm³/mol. The number of nitrogens with zero attached hydrogens (tertiary/aromatic N) is 3. The van der Waals surface area contributed by atoms with Gasteiger partial charge in [-0.25, -0.2) is 8.42 Å². The Morgan fingerprint density at radius 3 is 2.72 bits per heavy atom. The van der Waals surface area contributed by atoms with Gasteiger partial charge in [-0.15, -0.1) is 12.4 Å². The summed E-state index contributed by atoms with van der Waals surface area (Å²) in [5.41, 5.74) is 5.55. The second-order valence-corrected chi connectivity index (χ2v) is 6.44. The smallest absolute Gasteiger partial charge is 0.261 e. The lowest BCUT2D eigenvalue weighted by Gasteiger charge is -2.16. The van der Waals surface area contributed by atoms with E-state index >= 15 is 0 Å². The maximum atomic E-state index is 12.3. The molecule has 2 rings (SSSR count). The molecule has 1 fully saturated rings. The van der Waals surface area contributed by atoms with Crippen molar-refractivity contribution in [1.29, 1.82) is 0 Å². The van der Waals surface area contributed by atoms with Crippen LogP contribution in [0, 0.1) is 5.92 Å². The van der Waals surface area contributed by atoms with E-state index in [0.29, 0.717) is 19.6 Å². The van der Waals surface area contributed by atoms with Gasteiger partial charge >= 0.3 is 0 Å². The van der Waals surface area contributed by atoms with Crippen LogP contribution in [0.4, 0.5) is 0 Å². The topological polar surface area (TPSA) is 81.2 Å². The predicted octanol–water partition coefficient (Wildman–Crippen LogP) is 0.465. The molecule has 1 atom stereocenters. The van der Waals surface area contributed by atoms with E-state index in [1.54, 1.807) is 7.05 Å². The quantitative estimate of drug-likeness (QED) is 0.879. The first-order valence-electron chi connectivity index (χ1n) is 5.34. The van der Waals surface area contributed by atoms with Gasteiger partial charge in [0.25, 0.3) is 10.0 Å². The van der Waals surface area contributed by atoms with E-state index < -0.39 is 10.0 Å². The number of sulfonamides is 1. The highest BCUT2D eigenvalue weighted by molar-refractivity contribution is 7.89. The van der Waals surface area contributed by atoms with E-state index in [0.717, 1.165) is 6.42 Å². The van der Waals surface area contributed by atoms with Crippen molar-refractivity contribution in [3.05, 3.63) is 11.2 Å². The number of rotatable bonds is 3. The first kappa shape index (κ1) is 15.7. The zero-order valence-electron chi connectivity index (χ0n) is 9.91. The van der Waals surface area contributed by atoms with Gasteiger partial charge in [-0.2, -0.15) is 9.40 Å². The van der Waals surface area contributed by atoms with Crippen LogP contribution in [-0.2, 0) is 17.1 Å². The molecule has 18 heavy (non-hydrogen) atoms. The van der Waals surface area contributed by atoms with Crippen molar-refractivity contribution >= 4 is 34.0 Å². The van der Waals surface area contributed by atoms with Crippen molar-refractivity contribution in [3.8, 4) is 0 Å². The van der Waals surface area contributed by atoms with Crippen LogP contribution >= 0.6 is 24.0 Å². The molecular weight excluding hydrogens is 299 g/mol. The van der Waals surface area contributed by atoms with Crippen LogP contribution in [0.15, 0.2) is 11.2 Å². The number of aryl methyl sites for hydroxylation is 1. The Bertz CT molecular complexity index is 497. The van der Waals surface area contributed by atoms with Gasteiger partial charge in [0.15, 0.2) is 5.03 Å². The highest BCUT2D eigenvalue weighted by atomic mass is 35.5. The molecule has 1 aromatic rings. The van der Waals surface area contributed by atoms with E-state index in [4.69, 9.17) is 17.3 Å². The lowest BCUT2D eigenvalue weighted by atomic mass is 10.1. The fraction of sp³-hybridized carbons (Fsp3) is 0.667. The third-order valence-corrected chi connectivity index (χ3v) is 5.38. The summed E-state index contributed by atoms with van der Waals surface area (Å²) in [6, 6.07) is 0. The van der Waals surface area contributed by atoms with Gasteiger partial charge in [0.05, 0.1) is 11.2 Å². The fourth-order valence-electron chi connectivity index (χ4n) is 2.02. The van der Waals surface area contributed by atoms with Crippen LogP contribution in [0.2, 0.25) is 5.02 Å². The molecule has 0 spiro atoms. The Balaban J connectivity index is 0.00000162. The third kappa shape index (κ3) is 2.65. The van der Waals surface area contributed by atoms with Crippen LogP contribution < -0.4 is 5.73 Å². The van der Waals surface area contributed by atoms with Gasteiger partial charge in [0.2, 0.25) is 0 Å². The minimum absolute atomic E-state index is 0. The molecule has 1 aliphatic rings. The molecule has 0 aliphatic carbocycles. The Kier molecular flexibility index (Phi) is 5.02. The average molecular weight is 315 g/mol. The first-order chi connectivity index (χ1) is 7.96. The monoisotopic (exact) mass is 314 g/mol. The van der Waals surface area contributed by atoms with Crippen molar-refractivity contribution in [2.75, 3.05) is 19.6 Å². The van der Waals surface area contributed by atoms with E-state index in [9.17, 15) is 8.42 Å². The number of nitrogens with two attached hydrogens (primary N) is 1. The summed E-state index contributed by atoms with van der Waals surface area (Å²) in [4.78, 5) is 0. The van der Waals surface area contributed by atoms with E-state index in [2.05, 4.69) is 5.10 Å². The molecule has 2 heterocycles. The second-order valence-electron chi connectivity index (χ2n) is 4.17. The molecule has 0 radical (unpaired) electrons. The van der Waals surface area contributed by atoms with Crippen molar-refractivity contribution in [3.63, 3.8) is 0 Å². The van der Waals surface area contributed by atoms with Gasteiger partial charge in [-0.3, -0.25) is 4.68 Å². The normalized spacial score (nSPS) is 20.9. The number of aromatic nitrogens is 2. The molecule has 0 amide bonds. The van der Waals surface area contributed by atoms with Crippen molar-refractivity contribution in [2.24, 2.45) is 18.7 Å². The molecule has 0 aromatic carbocycles. The average Bonchev–Trinajstić information content (AvgIpc) is 2.85. The maximum absolute atomic E-state index is 12.3. The highest BCUT2D eigenvalue weighted by Gasteiger charge is 2.35. The summed E-state index contributed by atoms with van der Waals surface area (Å²) in [7, 11) is -1.99. The molecule has 1 aliphatic heterocycles. The number of hydrogen-bond acceptors (Lipinski definition) is 4. The van der Waals surface area contributed by atoms with Gasteiger partial charge in [-0.1, -0.05) is 11.6 Å². The van der Waals surface area contributed by atoms with Crippen LogP contribution in [0.3, 0.4) is 0 Å². The van der Waals surface area contributed by atoms with Gasteiger partial charge in [0.1, 0.15) is 0 Å². The molecule has 6 nitrogen and oxygen atoms in total. The number of halogens is 2. The summed E-state index contributed by atoms with van der Waals surface area (Å²) in [6.45, 7) is 1.46. The molecule has 0 bridgehead atoms. The highest BCUT2D eigenvalue weighted by Crippen LogP contribution is 2.27. The van der Waals surface area contributed by atoms with E-state index in [1.165, 1.54) is 15.2 Å². The van der Waals surface area contributed by atoms with Crippen LogP contribution in [0.1, 0.15) is 6.42 Å².